The van der Waals surface area contributed by atoms with Crippen LogP contribution < -0.4 is 4.90 Å². The van der Waals surface area contributed by atoms with E-state index in [-0.39, 0.29) is 16.2 Å². The SMILES string of the molecule is CC(C)(C)c1cc(-c2cccc3cccc(-c4ccccc4N(c4ccc(-c5ccccc5)cc4-c4ccccc4)c4ccc(C(C)(C)C)cc4-c4ccccc4)c23)cc(C(C)(C)C)c1. The first-order chi connectivity index (χ1) is 31.1. The van der Waals surface area contributed by atoms with Crippen molar-refractivity contribution in [1.82, 2.24) is 0 Å². The second kappa shape index (κ2) is 17.2. The highest BCUT2D eigenvalue weighted by Crippen LogP contribution is 2.51. The Morgan fingerprint density at radius 2 is 0.708 bits per heavy atom. The Morgan fingerprint density at radius 1 is 0.262 bits per heavy atom. The number of hydrogen-bond acceptors (Lipinski definition) is 1. The first kappa shape index (κ1) is 43.3. The molecule has 0 unspecified atom stereocenters. The number of benzene rings is 9. The molecule has 1 nitrogen and oxygen atoms in total. The zero-order chi connectivity index (χ0) is 45.5. The predicted octanol–water partition coefficient (Wildman–Crippen LogP) is 18.5. The Morgan fingerprint density at radius 3 is 1.26 bits per heavy atom. The maximum Gasteiger partial charge on any atom is 0.0540 e. The lowest BCUT2D eigenvalue weighted by atomic mass is 9.78. The number of para-hydroxylation sites is 1. The van der Waals surface area contributed by atoms with Crippen LogP contribution in [0.1, 0.15) is 79.0 Å². The van der Waals surface area contributed by atoms with E-state index in [1.54, 1.807) is 0 Å². The van der Waals surface area contributed by atoms with Gasteiger partial charge in [0.1, 0.15) is 0 Å². The van der Waals surface area contributed by atoms with Gasteiger partial charge in [-0.1, -0.05) is 238 Å². The minimum Gasteiger partial charge on any atom is -0.309 e. The fourth-order valence-electron chi connectivity index (χ4n) is 9.18. The van der Waals surface area contributed by atoms with Gasteiger partial charge in [0.15, 0.2) is 0 Å². The van der Waals surface area contributed by atoms with Crippen molar-refractivity contribution in [2.45, 2.75) is 78.6 Å². The van der Waals surface area contributed by atoms with Gasteiger partial charge in [-0.05, 0) is 113 Å². The van der Waals surface area contributed by atoms with Crippen molar-refractivity contribution in [3.63, 3.8) is 0 Å². The van der Waals surface area contributed by atoms with E-state index in [0.29, 0.717) is 0 Å². The summed E-state index contributed by atoms with van der Waals surface area (Å²) in [6.07, 6.45) is 0. The van der Waals surface area contributed by atoms with Crippen LogP contribution in [0.15, 0.2) is 206 Å². The second-order valence-electron chi connectivity index (χ2n) is 20.7. The van der Waals surface area contributed by atoms with Gasteiger partial charge in [-0.25, -0.2) is 0 Å². The summed E-state index contributed by atoms with van der Waals surface area (Å²) < 4.78 is 0. The first-order valence-electron chi connectivity index (χ1n) is 23.2. The Bertz CT molecular complexity index is 3080. The lowest BCUT2D eigenvalue weighted by Crippen LogP contribution is -2.16. The minimum absolute atomic E-state index is 0.0119. The number of nitrogens with zero attached hydrogens (tertiary/aromatic N) is 1. The summed E-state index contributed by atoms with van der Waals surface area (Å²) in [7, 11) is 0. The van der Waals surface area contributed by atoms with Gasteiger partial charge in [-0.3, -0.25) is 0 Å². The number of rotatable bonds is 8. The van der Waals surface area contributed by atoms with Gasteiger partial charge in [0, 0.05) is 16.7 Å². The van der Waals surface area contributed by atoms with Crippen LogP contribution in [0.5, 0.6) is 0 Å². The molecule has 9 rings (SSSR count). The summed E-state index contributed by atoms with van der Waals surface area (Å²) in [6.45, 7) is 20.9. The van der Waals surface area contributed by atoms with E-state index in [0.717, 1.165) is 28.2 Å². The smallest absolute Gasteiger partial charge is 0.0540 e. The lowest BCUT2D eigenvalue weighted by Gasteiger charge is -2.33. The molecule has 65 heavy (non-hydrogen) atoms. The van der Waals surface area contributed by atoms with Gasteiger partial charge in [-0.15, -0.1) is 0 Å². The molecule has 0 radical (unpaired) electrons. The third-order valence-corrected chi connectivity index (χ3v) is 12.9. The molecule has 0 fully saturated rings. The quantitative estimate of drug-likeness (QED) is 0.147. The maximum absolute atomic E-state index is 2.54. The van der Waals surface area contributed by atoms with Gasteiger partial charge in [0.05, 0.1) is 17.1 Å². The molecule has 0 aliphatic rings. The normalized spacial score (nSPS) is 12.1. The number of hydrogen-bond donors (Lipinski definition) is 0. The van der Waals surface area contributed by atoms with Crippen molar-refractivity contribution in [2.75, 3.05) is 4.90 Å². The van der Waals surface area contributed by atoms with E-state index in [1.165, 1.54) is 72.0 Å². The molecule has 0 amide bonds. The molecule has 0 heterocycles. The average molecular weight is 844 g/mol. The van der Waals surface area contributed by atoms with E-state index in [1.807, 2.05) is 0 Å². The molecule has 9 aromatic carbocycles. The third kappa shape index (κ3) is 8.81. The van der Waals surface area contributed by atoms with Gasteiger partial charge in [0.2, 0.25) is 0 Å². The Labute approximate surface area is 388 Å². The van der Waals surface area contributed by atoms with Crippen LogP contribution in [0.3, 0.4) is 0 Å². The van der Waals surface area contributed by atoms with E-state index in [4.69, 9.17) is 0 Å². The monoisotopic (exact) mass is 843 g/mol. The van der Waals surface area contributed by atoms with E-state index in [2.05, 4.69) is 273 Å². The molecule has 322 valence electrons. The minimum atomic E-state index is -0.0478. The van der Waals surface area contributed by atoms with Crippen molar-refractivity contribution in [3.8, 4) is 55.6 Å². The summed E-state index contributed by atoms with van der Waals surface area (Å²) in [5.74, 6) is 0. The van der Waals surface area contributed by atoms with E-state index in [9.17, 15) is 0 Å². The lowest BCUT2D eigenvalue weighted by molar-refractivity contribution is 0.569. The van der Waals surface area contributed by atoms with Crippen molar-refractivity contribution in [3.05, 3.63) is 223 Å². The highest BCUT2D eigenvalue weighted by atomic mass is 15.1. The maximum atomic E-state index is 2.54. The highest BCUT2D eigenvalue weighted by Gasteiger charge is 2.27. The summed E-state index contributed by atoms with van der Waals surface area (Å²) in [4.78, 5) is 2.54. The van der Waals surface area contributed by atoms with E-state index < -0.39 is 0 Å². The molecule has 0 N–H and O–H groups in total. The fourth-order valence-corrected chi connectivity index (χ4v) is 9.18. The zero-order valence-corrected chi connectivity index (χ0v) is 39.6. The number of anilines is 3. The predicted molar refractivity (Wildman–Crippen MR) is 282 cm³/mol. The fraction of sp³-hybridized carbons (Fsp3) is 0.188. The molecular weight excluding hydrogens is 783 g/mol. The van der Waals surface area contributed by atoms with Crippen molar-refractivity contribution in [1.29, 1.82) is 0 Å². The Kier molecular flexibility index (Phi) is 11.5. The second-order valence-corrected chi connectivity index (χ2v) is 20.7. The molecule has 0 aliphatic carbocycles. The molecule has 0 aromatic heterocycles. The number of fused-ring (bicyclic) bond motifs is 1. The summed E-state index contributed by atoms with van der Waals surface area (Å²) in [5, 5.41) is 2.47. The Balaban J connectivity index is 1.38. The Hall–Kier alpha value is -6.96. The van der Waals surface area contributed by atoms with Crippen LogP contribution in [0.25, 0.3) is 66.4 Å². The van der Waals surface area contributed by atoms with Crippen molar-refractivity contribution in [2.24, 2.45) is 0 Å². The van der Waals surface area contributed by atoms with Gasteiger partial charge < -0.3 is 4.90 Å². The standard InChI is InChI=1S/C64H61N/c1-62(2,3)50-36-38-60(57(43-50)46-27-17-12-18-28-46)65(59-37-35-48(44-23-13-10-14-24-44)41-56(59)45-25-15-11-16-26-45)58-34-20-19-31-54(58)55-33-22-30-47-29-21-32-53(61(47)55)49-39-51(63(4,5)6)42-52(40-49)64(7,8)9/h10-43H,1-9H3. The van der Waals surface area contributed by atoms with Gasteiger partial charge in [-0.2, -0.15) is 0 Å². The highest BCUT2D eigenvalue weighted by molar-refractivity contribution is 6.09. The molecule has 9 aromatic rings. The summed E-state index contributed by atoms with van der Waals surface area (Å²) in [5.41, 5.74) is 19.2. The zero-order valence-electron chi connectivity index (χ0n) is 39.6. The van der Waals surface area contributed by atoms with Crippen LogP contribution in [0.4, 0.5) is 17.1 Å². The van der Waals surface area contributed by atoms with Crippen molar-refractivity contribution < 1.29 is 0 Å². The summed E-state index contributed by atoms with van der Waals surface area (Å²) >= 11 is 0. The molecular formula is C64H61N. The molecule has 0 atom stereocenters. The van der Waals surface area contributed by atoms with Crippen LogP contribution in [0.2, 0.25) is 0 Å². The largest absolute Gasteiger partial charge is 0.309 e. The van der Waals surface area contributed by atoms with Gasteiger partial charge >= 0.3 is 0 Å². The third-order valence-electron chi connectivity index (χ3n) is 12.9. The molecule has 0 bridgehead atoms. The van der Waals surface area contributed by atoms with Gasteiger partial charge in [0.25, 0.3) is 0 Å². The van der Waals surface area contributed by atoms with Crippen molar-refractivity contribution >= 4 is 27.8 Å². The molecule has 0 aliphatic heterocycles. The van der Waals surface area contributed by atoms with Crippen LogP contribution in [-0.2, 0) is 16.2 Å². The van der Waals surface area contributed by atoms with Crippen LogP contribution in [-0.4, -0.2) is 0 Å². The topological polar surface area (TPSA) is 3.24 Å². The first-order valence-corrected chi connectivity index (χ1v) is 23.2. The molecule has 0 saturated heterocycles. The average Bonchev–Trinajstić information content (AvgIpc) is 3.31. The molecule has 0 spiro atoms. The summed E-state index contributed by atoms with van der Waals surface area (Å²) in [6, 6.07) is 76.7. The van der Waals surface area contributed by atoms with E-state index >= 15 is 0 Å². The molecule has 0 saturated carbocycles. The van der Waals surface area contributed by atoms with Crippen LogP contribution in [0, 0.1) is 0 Å². The van der Waals surface area contributed by atoms with Crippen LogP contribution >= 0.6 is 0 Å². The molecule has 1 heteroatoms.